The van der Waals surface area contributed by atoms with E-state index in [1.807, 2.05) is 0 Å². The molecule has 2 aromatic carbocycles. The maximum absolute atomic E-state index is 13.9. The summed E-state index contributed by atoms with van der Waals surface area (Å²) in [5.41, 5.74) is -5.78. The van der Waals surface area contributed by atoms with Gasteiger partial charge in [0.1, 0.15) is 28.2 Å². The molecule has 2 aliphatic rings. The van der Waals surface area contributed by atoms with Gasteiger partial charge in [0.2, 0.25) is 6.41 Å². The first kappa shape index (κ1) is 43.8. The Labute approximate surface area is 331 Å². The highest BCUT2D eigenvalue weighted by Gasteiger charge is 2.55. The van der Waals surface area contributed by atoms with Gasteiger partial charge in [-0.2, -0.15) is 20.3 Å². The van der Waals surface area contributed by atoms with Crippen LogP contribution in [-0.2, 0) is 33.4 Å². The third kappa shape index (κ3) is 8.76. The number of hydrogen-bond acceptors (Lipinski definition) is 13. The minimum absolute atomic E-state index is 0.00521. The summed E-state index contributed by atoms with van der Waals surface area (Å²) in [5.74, 6) is -2.22. The number of rotatable bonds is 9. The fourth-order valence-corrected chi connectivity index (χ4v) is 6.11. The van der Waals surface area contributed by atoms with Crippen molar-refractivity contribution in [2.75, 3.05) is 19.0 Å². The van der Waals surface area contributed by atoms with E-state index in [1.165, 1.54) is 76.5 Å². The number of hydrogen-bond donors (Lipinski definition) is 2. The maximum Gasteiger partial charge on any atom is 0.435 e. The van der Waals surface area contributed by atoms with Gasteiger partial charge in [0.25, 0.3) is 11.8 Å². The largest absolute Gasteiger partial charge is 0.458 e. The predicted molar refractivity (Wildman–Crippen MR) is 205 cm³/mol. The molecule has 2 aromatic rings. The number of carbonyl (C=O) groups excluding carboxylic acids is 6. The molecule has 3 atom stereocenters. The summed E-state index contributed by atoms with van der Waals surface area (Å²) in [6.45, 7) is 17.3. The van der Waals surface area contributed by atoms with Gasteiger partial charge >= 0.3 is 18.2 Å². The molecule has 3 unspecified atom stereocenters. The van der Waals surface area contributed by atoms with Gasteiger partial charge in [0.15, 0.2) is 17.1 Å². The van der Waals surface area contributed by atoms with Crippen molar-refractivity contribution < 1.29 is 53.4 Å². The second-order valence-electron chi connectivity index (χ2n) is 16.9. The van der Waals surface area contributed by atoms with Crippen molar-refractivity contribution in [3.05, 3.63) is 65.2 Å². The van der Waals surface area contributed by atoms with E-state index in [9.17, 15) is 39.2 Å². The van der Waals surface area contributed by atoms with E-state index in [0.29, 0.717) is 17.5 Å². The van der Waals surface area contributed by atoms with Crippen LogP contribution in [0.5, 0.6) is 0 Å². The summed E-state index contributed by atoms with van der Waals surface area (Å²) in [7, 11) is 2.74. The van der Waals surface area contributed by atoms with Crippen LogP contribution in [0.4, 0.5) is 15.3 Å². The van der Waals surface area contributed by atoms with Gasteiger partial charge in [-0.05, 0) is 93.9 Å². The SMILES string of the molecule is CN1N=C(c2ccc(C(C(=O)OC(C)(C)C)N(C=O)c3ccc(C4=NN(C)C(=O)C4(C)N(O)C(=O)OC(C)(C)C)cc3)cc2)C(C)(N(O)C(=O)OC(C)(C)C)C1=O. The van der Waals surface area contributed by atoms with E-state index in [2.05, 4.69) is 10.2 Å². The van der Waals surface area contributed by atoms with Gasteiger partial charge in [0, 0.05) is 30.9 Å². The minimum Gasteiger partial charge on any atom is -0.458 e. The molecule has 2 N–H and O–H groups in total. The zero-order valence-electron chi connectivity index (χ0n) is 34.5. The van der Waals surface area contributed by atoms with E-state index in [4.69, 9.17) is 14.2 Å². The Morgan fingerprint density at radius 3 is 1.35 bits per heavy atom. The Balaban J connectivity index is 1.73. The van der Waals surface area contributed by atoms with Crippen LogP contribution in [0.2, 0.25) is 0 Å². The van der Waals surface area contributed by atoms with Crippen molar-refractivity contribution in [1.29, 1.82) is 0 Å². The van der Waals surface area contributed by atoms with Gasteiger partial charge < -0.3 is 14.2 Å². The summed E-state index contributed by atoms with van der Waals surface area (Å²) in [5, 5.41) is 33.0. The van der Waals surface area contributed by atoms with Gasteiger partial charge in [-0.3, -0.25) is 29.7 Å². The molecule has 18 heteroatoms. The summed E-state index contributed by atoms with van der Waals surface area (Å²) >= 11 is 0. The van der Waals surface area contributed by atoms with Gasteiger partial charge in [-0.15, -0.1) is 0 Å². The number of hydrazone groups is 2. The van der Waals surface area contributed by atoms with Crippen LogP contribution >= 0.6 is 0 Å². The van der Waals surface area contributed by atoms with Crippen molar-refractivity contribution >= 4 is 53.5 Å². The van der Waals surface area contributed by atoms with Crippen molar-refractivity contribution in [2.24, 2.45) is 10.2 Å². The van der Waals surface area contributed by atoms with Crippen molar-refractivity contribution in [1.82, 2.24) is 20.1 Å². The topological polar surface area (TPSA) is 211 Å². The van der Waals surface area contributed by atoms with E-state index in [1.54, 1.807) is 62.3 Å². The number of nitrogens with zero attached hydrogens (tertiary/aromatic N) is 7. The van der Waals surface area contributed by atoms with Crippen LogP contribution < -0.4 is 4.90 Å². The molecular formula is C39H51N7O11. The molecule has 0 radical (unpaired) electrons. The Bertz CT molecular complexity index is 2000. The van der Waals surface area contributed by atoms with E-state index >= 15 is 0 Å². The highest BCUT2D eigenvalue weighted by molar-refractivity contribution is 6.25. The molecule has 18 nitrogen and oxygen atoms in total. The molecule has 4 rings (SSSR count). The molecule has 308 valence electrons. The van der Waals surface area contributed by atoms with Crippen molar-refractivity contribution in [3.63, 3.8) is 0 Å². The number of benzene rings is 2. The lowest BCUT2D eigenvalue weighted by Crippen LogP contribution is -2.59. The second kappa shape index (κ2) is 15.2. The van der Waals surface area contributed by atoms with Crippen LogP contribution in [0.25, 0.3) is 0 Å². The monoisotopic (exact) mass is 793 g/mol. The molecule has 0 spiro atoms. The lowest BCUT2D eigenvalue weighted by molar-refractivity contribution is -0.162. The summed E-state index contributed by atoms with van der Waals surface area (Å²) in [6.07, 6.45) is -1.90. The Hall–Kier alpha value is -5.88. The number of esters is 1. The van der Waals surface area contributed by atoms with Crippen LogP contribution in [0.1, 0.15) is 98.9 Å². The number of likely N-dealkylation sites (N-methyl/N-ethyl adjacent to an activating group) is 2. The molecule has 0 fully saturated rings. The molecule has 0 saturated carbocycles. The summed E-state index contributed by atoms with van der Waals surface area (Å²) < 4.78 is 16.3. The maximum atomic E-state index is 13.9. The number of hydroxylamine groups is 4. The van der Waals surface area contributed by atoms with Gasteiger partial charge in [-0.1, -0.05) is 36.4 Å². The zero-order chi connectivity index (χ0) is 43.2. The molecule has 57 heavy (non-hydrogen) atoms. The predicted octanol–water partition coefficient (Wildman–Crippen LogP) is 4.85. The third-order valence-corrected chi connectivity index (χ3v) is 8.78. The highest BCUT2D eigenvalue weighted by Crippen LogP contribution is 2.35. The lowest BCUT2D eigenvalue weighted by Gasteiger charge is -2.34. The fourth-order valence-electron chi connectivity index (χ4n) is 6.11. The van der Waals surface area contributed by atoms with Gasteiger partial charge in [0.05, 0.1) is 0 Å². The quantitative estimate of drug-likeness (QED) is 0.115. The van der Waals surface area contributed by atoms with E-state index in [-0.39, 0.29) is 32.8 Å². The molecule has 2 heterocycles. The first-order valence-corrected chi connectivity index (χ1v) is 17.9. The zero-order valence-corrected chi connectivity index (χ0v) is 34.5. The van der Waals surface area contributed by atoms with Crippen LogP contribution in [0.15, 0.2) is 58.7 Å². The smallest absolute Gasteiger partial charge is 0.435 e. The molecule has 0 bridgehead atoms. The molecule has 0 aliphatic carbocycles. The first-order valence-electron chi connectivity index (χ1n) is 17.9. The third-order valence-electron chi connectivity index (χ3n) is 8.78. The van der Waals surface area contributed by atoms with Gasteiger partial charge in [-0.25, -0.2) is 24.4 Å². The number of ether oxygens (including phenoxy) is 3. The van der Waals surface area contributed by atoms with E-state index < -0.39 is 63.9 Å². The first-order chi connectivity index (χ1) is 26.1. The lowest BCUT2D eigenvalue weighted by atomic mass is 9.89. The Kier molecular flexibility index (Phi) is 11.7. The van der Waals surface area contributed by atoms with Crippen LogP contribution in [-0.4, -0.2) is 120 Å². The number of anilines is 1. The average molecular weight is 794 g/mol. The Morgan fingerprint density at radius 1 is 0.667 bits per heavy atom. The summed E-state index contributed by atoms with van der Waals surface area (Å²) in [6, 6.07) is 10.7. The Morgan fingerprint density at radius 2 is 1.02 bits per heavy atom. The van der Waals surface area contributed by atoms with Crippen molar-refractivity contribution in [3.8, 4) is 0 Å². The minimum atomic E-state index is -1.99. The standard InChI is InChI=1S/C39H51N7O11/c1-35(2,3)55-30(48)27(23-14-16-24(17-15-23)28-38(10,31(49)42(12)40-28)45(53)33(51)56-36(4,5)6)44(22-47)26-20-18-25(19-21-26)29-39(11,32(50)43(13)41-29)46(54)34(52)57-37(7,8)9/h14-22,27,53-54H,1-13H3. The van der Waals surface area contributed by atoms with Crippen LogP contribution in [0, 0.1) is 0 Å². The van der Waals surface area contributed by atoms with Crippen LogP contribution in [0.3, 0.4) is 0 Å². The number of amides is 5. The summed E-state index contributed by atoms with van der Waals surface area (Å²) in [4.78, 5) is 80.3. The second-order valence-corrected chi connectivity index (χ2v) is 16.9. The fraction of sp³-hybridized carbons (Fsp3) is 0.487. The normalized spacial score (nSPS) is 20.4. The number of carbonyl (C=O) groups is 6. The van der Waals surface area contributed by atoms with E-state index in [0.717, 1.165) is 14.9 Å². The molecule has 5 amide bonds. The molecule has 0 aromatic heterocycles. The van der Waals surface area contributed by atoms with Crippen molar-refractivity contribution in [2.45, 2.75) is 110 Å². The molecule has 2 aliphatic heterocycles. The molecule has 0 saturated heterocycles. The highest BCUT2D eigenvalue weighted by atomic mass is 16.6. The molecular weight excluding hydrogens is 742 g/mol. The average Bonchev–Trinajstić information content (AvgIpc) is 3.47.